The molecule has 0 saturated carbocycles. The average molecular weight is 331 g/mol. The van der Waals surface area contributed by atoms with E-state index in [0.29, 0.717) is 19.7 Å². The third-order valence-corrected chi connectivity index (χ3v) is 3.47. The first-order valence-electron chi connectivity index (χ1n) is 5.29. The predicted octanol–water partition coefficient (Wildman–Crippen LogP) is 2.21. The van der Waals surface area contributed by atoms with Gasteiger partial charge in [-0.2, -0.15) is 0 Å². The Balaban J connectivity index is 2.09. The Hall–Kier alpha value is -0.620. The molecule has 0 aliphatic carbocycles. The zero-order chi connectivity index (χ0) is 11.5. The van der Waals surface area contributed by atoms with Crippen LogP contribution in [0, 0.1) is 3.57 Å². The van der Waals surface area contributed by atoms with E-state index in [1.54, 1.807) is 6.92 Å². The number of carbonyl (C=O) groups excluding carboxylic acids is 1. The van der Waals surface area contributed by atoms with Gasteiger partial charge in [-0.25, -0.2) is 0 Å². The second-order valence-electron chi connectivity index (χ2n) is 3.88. The number of ether oxygens (including phenoxy) is 1. The van der Waals surface area contributed by atoms with Crippen LogP contribution >= 0.6 is 22.6 Å². The topological polar surface area (TPSA) is 29.5 Å². The van der Waals surface area contributed by atoms with Crippen LogP contribution in [0.3, 0.4) is 0 Å². The monoisotopic (exact) mass is 331 g/mol. The Morgan fingerprint density at radius 3 is 2.75 bits per heavy atom. The fraction of sp³-hybridized carbons (Fsp3) is 0.417. The third kappa shape index (κ3) is 2.74. The largest absolute Gasteiger partial charge is 0.370 e. The molecule has 1 fully saturated rings. The van der Waals surface area contributed by atoms with E-state index in [9.17, 15) is 4.79 Å². The zero-order valence-corrected chi connectivity index (χ0v) is 11.3. The second kappa shape index (κ2) is 5.14. The summed E-state index contributed by atoms with van der Waals surface area (Å²) >= 11 is 2.28. The lowest BCUT2D eigenvalue weighted by Crippen LogP contribution is -2.41. The fourth-order valence-corrected chi connectivity index (χ4v) is 2.17. The van der Waals surface area contributed by atoms with Crippen molar-refractivity contribution < 1.29 is 9.53 Å². The SMILES string of the molecule is CC(=O)N1CCOC(c2ccc(I)cc2)C1. The molecule has 1 unspecified atom stereocenters. The molecule has 16 heavy (non-hydrogen) atoms. The lowest BCUT2D eigenvalue weighted by molar-refractivity contribution is -0.136. The molecule has 0 N–H and O–H groups in total. The average Bonchev–Trinajstić information content (AvgIpc) is 2.30. The number of rotatable bonds is 1. The summed E-state index contributed by atoms with van der Waals surface area (Å²) in [7, 11) is 0. The Morgan fingerprint density at radius 1 is 1.44 bits per heavy atom. The van der Waals surface area contributed by atoms with Crippen molar-refractivity contribution in [1.29, 1.82) is 0 Å². The summed E-state index contributed by atoms with van der Waals surface area (Å²) in [6, 6.07) is 8.25. The minimum Gasteiger partial charge on any atom is -0.370 e. The summed E-state index contributed by atoms with van der Waals surface area (Å²) in [5.74, 6) is 0.124. The summed E-state index contributed by atoms with van der Waals surface area (Å²) in [5, 5.41) is 0. The molecule has 4 heteroatoms. The van der Waals surface area contributed by atoms with Crippen molar-refractivity contribution in [3.05, 3.63) is 33.4 Å². The second-order valence-corrected chi connectivity index (χ2v) is 5.12. The van der Waals surface area contributed by atoms with Gasteiger partial charge in [-0.15, -0.1) is 0 Å². The van der Waals surface area contributed by atoms with Gasteiger partial charge in [0.1, 0.15) is 6.10 Å². The summed E-state index contributed by atoms with van der Waals surface area (Å²) < 4.78 is 6.90. The lowest BCUT2D eigenvalue weighted by Gasteiger charge is -2.32. The van der Waals surface area contributed by atoms with Crippen molar-refractivity contribution in [2.45, 2.75) is 13.0 Å². The maximum absolute atomic E-state index is 11.3. The first kappa shape index (κ1) is 11.9. The zero-order valence-electron chi connectivity index (χ0n) is 9.15. The Kier molecular flexibility index (Phi) is 3.81. The van der Waals surface area contributed by atoms with E-state index in [-0.39, 0.29) is 12.0 Å². The van der Waals surface area contributed by atoms with Crippen molar-refractivity contribution in [2.24, 2.45) is 0 Å². The van der Waals surface area contributed by atoms with Crippen LogP contribution in [0.5, 0.6) is 0 Å². The van der Waals surface area contributed by atoms with Gasteiger partial charge >= 0.3 is 0 Å². The van der Waals surface area contributed by atoms with Crippen LogP contribution < -0.4 is 0 Å². The van der Waals surface area contributed by atoms with Gasteiger partial charge in [-0.3, -0.25) is 4.79 Å². The highest BCUT2D eigenvalue weighted by molar-refractivity contribution is 14.1. The maximum atomic E-state index is 11.3. The van der Waals surface area contributed by atoms with Crippen molar-refractivity contribution in [3.8, 4) is 0 Å². The Bertz CT molecular complexity index is 377. The van der Waals surface area contributed by atoms with Crippen molar-refractivity contribution >= 4 is 28.5 Å². The van der Waals surface area contributed by atoms with Crippen molar-refractivity contribution in [3.63, 3.8) is 0 Å². The minimum absolute atomic E-state index is 0.0228. The van der Waals surface area contributed by atoms with Crippen molar-refractivity contribution in [2.75, 3.05) is 19.7 Å². The number of carbonyl (C=O) groups is 1. The molecule has 0 radical (unpaired) electrons. The molecular weight excluding hydrogens is 317 g/mol. The molecule has 1 aromatic rings. The number of hydrogen-bond donors (Lipinski definition) is 0. The van der Waals surface area contributed by atoms with E-state index >= 15 is 0 Å². The van der Waals surface area contributed by atoms with E-state index in [1.807, 2.05) is 4.90 Å². The van der Waals surface area contributed by atoms with Crippen LogP contribution in [-0.4, -0.2) is 30.5 Å². The molecule has 3 nitrogen and oxygen atoms in total. The van der Waals surface area contributed by atoms with Crippen LogP contribution in [0.15, 0.2) is 24.3 Å². The highest BCUT2D eigenvalue weighted by Crippen LogP contribution is 2.22. The van der Waals surface area contributed by atoms with Gasteiger partial charge in [0.05, 0.1) is 13.2 Å². The number of morpholine rings is 1. The minimum atomic E-state index is 0.0228. The molecule has 1 atom stereocenters. The first-order valence-corrected chi connectivity index (χ1v) is 6.37. The normalized spacial score (nSPS) is 20.9. The van der Waals surface area contributed by atoms with Gasteiger partial charge in [-0.1, -0.05) is 12.1 Å². The van der Waals surface area contributed by atoms with E-state index in [2.05, 4.69) is 46.9 Å². The Morgan fingerprint density at radius 2 is 2.12 bits per heavy atom. The van der Waals surface area contributed by atoms with Crippen LogP contribution in [0.4, 0.5) is 0 Å². The van der Waals surface area contributed by atoms with Gasteiger partial charge in [0.2, 0.25) is 5.91 Å². The van der Waals surface area contributed by atoms with Gasteiger partial charge in [-0.05, 0) is 40.3 Å². The molecule has 86 valence electrons. The standard InChI is InChI=1S/C12H14INO2/c1-9(15)14-6-7-16-12(8-14)10-2-4-11(13)5-3-10/h2-5,12H,6-8H2,1H3. The third-order valence-electron chi connectivity index (χ3n) is 2.75. The maximum Gasteiger partial charge on any atom is 0.219 e. The molecule has 2 rings (SSSR count). The molecule has 0 aromatic heterocycles. The molecule has 1 aliphatic heterocycles. The van der Waals surface area contributed by atoms with Crippen LogP contribution in [0.2, 0.25) is 0 Å². The smallest absolute Gasteiger partial charge is 0.219 e. The van der Waals surface area contributed by atoms with Gasteiger partial charge in [0.15, 0.2) is 0 Å². The first-order chi connectivity index (χ1) is 7.66. The molecule has 1 amide bonds. The summed E-state index contributed by atoms with van der Waals surface area (Å²) in [5.41, 5.74) is 1.14. The summed E-state index contributed by atoms with van der Waals surface area (Å²) in [6.45, 7) is 3.60. The van der Waals surface area contributed by atoms with E-state index in [1.165, 1.54) is 3.57 Å². The quantitative estimate of drug-likeness (QED) is 0.739. The van der Waals surface area contributed by atoms with Crippen LogP contribution in [-0.2, 0) is 9.53 Å². The number of amides is 1. The Labute approximate surface area is 109 Å². The molecule has 1 aliphatic rings. The molecule has 1 heterocycles. The highest BCUT2D eigenvalue weighted by atomic mass is 127. The predicted molar refractivity (Wildman–Crippen MR) is 70.1 cm³/mol. The van der Waals surface area contributed by atoms with E-state index in [0.717, 1.165) is 5.56 Å². The van der Waals surface area contributed by atoms with E-state index in [4.69, 9.17) is 4.74 Å². The van der Waals surface area contributed by atoms with Gasteiger partial charge in [0, 0.05) is 17.0 Å². The molecule has 0 spiro atoms. The van der Waals surface area contributed by atoms with Crippen molar-refractivity contribution in [1.82, 2.24) is 4.90 Å². The van der Waals surface area contributed by atoms with Crippen LogP contribution in [0.25, 0.3) is 0 Å². The number of hydrogen-bond acceptors (Lipinski definition) is 2. The van der Waals surface area contributed by atoms with E-state index < -0.39 is 0 Å². The van der Waals surface area contributed by atoms with Gasteiger partial charge in [0.25, 0.3) is 0 Å². The lowest BCUT2D eigenvalue weighted by atomic mass is 10.1. The summed E-state index contributed by atoms with van der Waals surface area (Å²) in [4.78, 5) is 13.1. The fourth-order valence-electron chi connectivity index (χ4n) is 1.81. The number of benzene rings is 1. The molecular formula is C12H14INO2. The molecule has 0 bridgehead atoms. The summed E-state index contributed by atoms with van der Waals surface area (Å²) in [6.07, 6.45) is 0.0228. The highest BCUT2D eigenvalue weighted by Gasteiger charge is 2.23. The van der Waals surface area contributed by atoms with Gasteiger partial charge < -0.3 is 9.64 Å². The molecule has 1 saturated heterocycles. The van der Waals surface area contributed by atoms with Crippen LogP contribution in [0.1, 0.15) is 18.6 Å². The number of halogens is 1. The number of nitrogens with zero attached hydrogens (tertiary/aromatic N) is 1. The molecule has 1 aromatic carbocycles.